The minimum Gasteiger partial charge on any atom is -0.493 e. The summed E-state index contributed by atoms with van der Waals surface area (Å²) >= 11 is 6.31. The van der Waals surface area contributed by atoms with Crippen molar-refractivity contribution < 1.29 is 4.74 Å². The van der Waals surface area contributed by atoms with Crippen molar-refractivity contribution in [3.05, 3.63) is 40.8 Å². The van der Waals surface area contributed by atoms with Crippen LogP contribution < -0.4 is 4.74 Å². The van der Waals surface area contributed by atoms with Crippen molar-refractivity contribution in [2.75, 3.05) is 6.61 Å². The number of rotatable bonds is 3. The van der Waals surface area contributed by atoms with Crippen molar-refractivity contribution >= 4 is 11.6 Å². The van der Waals surface area contributed by atoms with E-state index in [2.05, 4.69) is 25.8 Å². The molecule has 0 bridgehead atoms. The lowest BCUT2D eigenvalue weighted by Crippen LogP contribution is -2.17. The van der Waals surface area contributed by atoms with E-state index < -0.39 is 0 Å². The van der Waals surface area contributed by atoms with Gasteiger partial charge in [-0.3, -0.25) is 0 Å². The van der Waals surface area contributed by atoms with Crippen LogP contribution in [0.2, 0.25) is 5.15 Å². The van der Waals surface area contributed by atoms with Crippen molar-refractivity contribution in [1.29, 1.82) is 0 Å². The molecule has 2 aromatic rings. The van der Waals surface area contributed by atoms with Crippen LogP contribution in [-0.2, 0) is 5.41 Å². The average molecular weight is 305 g/mol. The molecule has 0 unspecified atom stereocenters. The Bertz CT molecular complexity index is 648. The zero-order valence-electron chi connectivity index (χ0n) is 13.2. The number of halogens is 1. The standard InChI is InChI=1S/C17H21ClN2O/c1-6-21-13-10-8-7-9-12(13)14-11(2)15(18)20-16(19-14)17(3,4)5/h7-10H,6H2,1-5H3. The van der Waals surface area contributed by atoms with E-state index in [-0.39, 0.29) is 5.41 Å². The number of nitrogens with zero attached hydrogens (tertiary/aromatic N) is 2. The lowest BCUT2D eigenvalue weighted by Gasteiger charge is -2.20. The highest BCUT2D eigenvalue weighted by Crippen LogP contribution is 2.34. The van der Waals surface area contributed by atoms with Gasteiger partial charge in [0.25, 0.3) is 0 Å². The van der Waals surface area contributed by atoms with Gasteiger partial charge < -0.3 is 4.74 Å². The fourth-order valence-corrected chi connectivity index (χ4v) is 2.20. The minimum atomic E-state index is -0.160. The zero-order chi connectivity index (χ0) is 15.6. The molecule has 4 heteroatoms. The quantitative estimate of drug-likeness (QED) is 0.764. The van der Waals surface area contributed by atoms with Crippen molar-refractivity contribution in [2.45, 2.75) is 40.0 Å². The molecule has 2 rings (SSSR count). The Kier molecular flexibility index (Phi) is 4.52. The lowest BCUT2D eigenvalue weighted by atomic mass is 9.95. The molecule has 1 heterocycles. The monoisotopic (exact) mass is 304 g/mol. The van der Waals surface area contributed by atoms with Gasteiger partial charge in [-0.15, -0.1) is 0 Å². The fourth-order valence-electron chi connectivity index (χ4n) is 2.03. The lowest BCUT2D eigenvalue weighted by molar-refractivity contribution is 0.341. The summed E-state index contributed by atoms with van der Waals surface area (Å²) in [7, 11) is 0. The second-order valence-corrected chi connectivity index (χ2v) is 6.35. The second kappa shape index (κ2) is 6.02. The Hall–Kier alpha value is -1.61. The van der Waals surface area contributed by atoms with E-state index in [1.165, 1.54) is 0 Å². The molecule has 0 radical (unpaired) electrons. The first-order valence-electron chi connectivity index (χ1n) is 7.11. The maximum Gasteiger partial charge on any atom is 0.136 e. The van der Waals surface area contributed by atoms with Crippen molar-refractivity contribution in [3.63, 3.8) is 0 Å². The fraction of sp³-hybridized carbons (Fsp3) is 0.412. The maximum absolute atomic E-state index is 6.31. The van der Waals surface area contributed by atoms with Gasteiger partial charge in [0, 0.05) is 16.5 Å². The maximum atomic E-state index is 6.31. The van der Waals surface area contributed by atoms with Gasteiger partial charge in [-0.25, -0.2) is 9.97 Å². The Balaban J connectivity index is 2.66. The highest BCUT2D eigenvalue weighted by Gasteiger charge is 2.22. The number of aromatic nitrogens is 2. The third-order valence-electron chi connectivity index (χ3n) is 3.20. The molecule has 21 heavy (non-hydrogen) atoms. The molecule has 0 fully saturated rings. The Morgan fingerprint density at radius 1 is 1.14 bits per heavy atom. The van der Waals surface area contributed by atoms with Gasteiger partial charge >= 0.3 is 0 Å². The number of ether oxygens (including phenoxy) is 1. The van der Waals surface area contributed by atoms with E-state index in [1.807, 2.05) is 38.1 Å². The van der Waals surface area contributed by atoms with E-state index >= 15 is 0 Å². The van der Waals surface area contributed by atoms with Gasteiger partial charge in [0.15, 0.2) is 0 Å². The van der Waals surface area contributed by atoms with Crippen LogP contribution >= 0.6 is 11.6 Å². The number of benzene rings is 1. The van der Waals surface area contributed by atoms with Crippen molar-refractivity contribution in [1.82, 2.24) is 9.97 Å². The van der Waals surface area contributed by atoms with Crippen LogP contribution in [0.15, 0.2) is 24.3 Å². The molecule has 0 aliphatic rings. The van der Waals surface area contributed by atoms with Crippen LogP contribution in [0.3, 0.4) is 0 Å². The highest BCUT2D eigenvalue weighted by atomic mass is 35.5. The topological polar surface area (TPSA) is 35.0 Å². The predicted octanol–water partition coefficient (Wildman–Crippen LogP) is 4.80. The van der Waals surface area contributed by atoms with Gasteiger partial charge in [0.2, 0.25) is 0 Å². The van der Waals surface area contributed by atoms with E-state index in [0.29, 0.717) is 11.8 Å². The van der Waals surface area contributed by atoms with Crippen LogP contribution in [0.25, 0.3) is 11.3 Å². The average Bonchev–Trinajstić information content (AvgIpc) is 2.42. The summed E-state index contributed by atoms with van der Waals surface area (Å²) in [5.41, 5.74) is 2.50. The van der Waals surface area contributed by atoms with Gasteiger partial charge in [0.1, 0.15) is 16.7 Å². The molecule has 0 N–H and O–H groups in total. The van der Waals surface area contributed by atoms with Crippen molar-refractivity contribution in [2.24, 2.45) is 0 Å². The molecule has 112 valence electrons. The second-order valence-electron chi connectivity index (χ2n) is 5.99. The van der Waals surface area contributed by atoms with Crippen LogP contribution in [-0.4, -0.2) is 16.6 Å². The number of hydrogen-bond acceptors (Lipinski definition) is 3. The molecule has 0 amide bonds. The Morgan fingerprint density at radius 2 is 1.81 bits per heavy atom. The first kappa shape index (κ1) is 15.8. The molecule has 3 nitrogen and oxygen atoms in total. The molecule has 0 spiro atoms. The molecule has 0 saturated heterocycles. The zero-order valence-corrected chi connectivity index (χ0v) is 14.0. The van der Waals surface area contributed by atoms with Gasteiger partial charge in [-0.1, -0.05) is 44.5 Å². The van der Waals surface area contributed by atoms with Crippen LogP contribution in [0.5, 0.6) is 5.75 Å². The highest BCUT2D eigenvalue weighted by molar-refractivity contribution is 6.30. The van der Waals surface area contributed by atoms with Gasteiger partial charge in [-0.05, 0) is 26.0 Å². The van der Waals surface area contributed by atoms with Crippen LogP contribution in [0.4, 0.5) is 0 Å². The predicted molar refractivity (Wildman–Crippen MR) is 87.1 cm³/mol. The van der Waals surface area contributed by atoms with E-state index in [9.17, 15) is 0 Å². The van der Waals surface area contributed by atoms with Crippen LogP contribution in [0.1, 0.15) is 39.1 Å². The van der Waals surface area contributed by atoms with E-state index in [1.54, 1.807) is 0 Å². The largest absolute Gasteiger partial charge is 0.493 e. The normalized spacial score (nSPS) is 11.5. The van der Waals surface area contributed by atoms with Gasteiger partial charge in [0.05, 0.1) is 12.3 Å². The number of para-hydroxylation sites is 1. The minimum absolute atomic E-state index is 0.160. The smallest absolute Gasteiger partial charge is 0.136 e. The SMILES string of the molecule is CCOc1ccccc1-c1nc(C(C)(C)C)nc(Cl)c1C. The molecule has 1 aromatic carbocycles. The molecular weight excluding hydrogens is 284 g/mol. The molecule has 0 saturated carbocycles. The summed E-state index contributed by atoms with van der Waals surface area (Å²) in [4.78, 5) is 9.16. The molecule has 0 aliphatic carbocycles. The van der Waals surface area contributed by atoms with Crippen LogP contribution in [0, 0.1) is 6.92 Å². The summed E-state index contributed by atoms with van der Waals surface area (Å²) < 4.78 is 5.71. The molecule has 1 aromatic heterocycles. The summed E-state index contributed by atoms with van der Waals surface area (Å²) in [6.45, 7) is 10.7. The summed E-state index contributed by atoms with van der Waals surface area (Å²) in [6.07, 6.45) is 0. The summed E-state index contributed by atoms with van der Waals surface area (Å²) in [5.74, 6) is 1.55. The molecular formula is C17H21ClN2O. The Labute approximate surface area is 131 Å². The molecule has 0 atom stereocenters. The summed E-state index contributed by atoms with van der Waals surface area (Å²) in [6, 6.07) is 7.88. The Morgan fingerprint density at radius 3 is 2.43 bits per heavy atom. The number of hydrogen-bond donors (Lipinski definition) is 0. The van der Waals surface area contributed by atoms with E-state index in [4.69, 9.17) is 21.3 Å². The first-order valence-corrected chi connectivity index (χ1v) is 7.49. The summed E-state index contributed by atoms with van der Waals surface area (Å²) in [5, 5.41) is 0.497. The first-order chi connectivity index (χ1) is 9.84. The van der Waals surface area contributed by atoms with Gasteiger partial charge in [-0.2, -0.15) is 0 Å². The third-order valence-corrected chi connectivity index (χ3v) is 3.57. The third kappa shape index (κ3) is 3.35. The van der Waals surface area contributed by atoms with E-state index in [0.717, 1.165) is 28.4 Å². The van der Waals surface area contributed by atoms with Crippen molar-refractivity contribution in [3.8, 4) is 17.0 Å². The molecule has 0 aliphatic heterocycles.